The molecule has 2 aromatic rings. The summed E-state index contributed by atoms with van der Waals surface area (Å²) in [5.41, 5.74) is 1.52. The first-order chi connectivity index (χ1) is 10.5. The topological polar surface area (TPSA) is 58.1 Å². The largest absolute Gasteiger partial charge is 0.363 e. The second-order valence-electron chi connectivity index (χ2n) is 5.09. The van der Waals surface area contributed by atoms with E-state index >= 15 is 0 Å². The zero-order valence-corrected chi connectivity index (χ0v) is 14.1. The van der Waals surface area contributed by atoms with Crippen LogP contribution in [0.4, 0.5) is 5.82 Å². The van der Waals surface area contributed by atoms with Gasteiger partial charge >= 0.3 is 0 Å². The summed E-state index contributed by atoms with van der Waals surface area (Å²) in [6.07, 6.45) is 2.01. The predicted molar refractivity (Wildman–Crippen MR) is 90.5 cm³/mol. The smallest absolute Gasteiger partial charge is 0.251 e. The minimum Gasteiger partial charge on any atom is -0.363 e. The van der Waals surface area contributed by atoms with Crippen molar-refractivity contribution in [1.29, 1.82) is 0 Å². The van der Waals surface area contributed by atoms with Gasteiger partial charge in [0.1, 0.15) is 11.6 Å². The van der Waals surface area contributed by atoms with Gasteiger partial charge in [0.15, 0.2) is 0 Å². The van der Waals surface area contributed by atoms with Crippen molar-refractivity contribution in [3.8, 4) is 0 Å². The molecule has 0 unspecified atom stereocenters. The summed E-state index contributed by atoms with van der Waals surface area (Å²) in [7, 11) is 3.86. The summed E-state index contributed by atoms with van der Waals surface area (Å²) >= 11 is 1.65. The summed E-state index contributed by atoms with van der Waals surface area (Å²) < 4.78 is 0. The van der Waals surface area contributed by atoms with Crippen molar-refractivity contribution in [3.63, 3.8) is 0 Å². The van der Waals surface area contributed by atoms with Crippen LogP contribution in [0.5, 0.6) is 0 Å². The molecule has 1 amide bonds. The second kappa shape index (κ2) is 7.26. The number of amides is 1. The molecule has 0 spiro atoms. The second-order valence-corrected chi connectivity index (χ2v) is 5.97. The number of nitrogens with one attached hydrogen (secondary N) is 1. The van der Waals surface area contributed by atoms with Crippen LogP contribution in [-0.4, -0.2) is 36.2 Å². The van der Waals surface area contributed by atoms with Crippen LogP contribution < -0.4 is 10.2 Å². The molecule has 2 rings (SSSR count). The molecule has 0 saturated carbocycles. The number of benzene rings is 1. The first kappa shape index (κ1) is 16.3. The number of thioether (sulfide) groups is 1. The molecule has 22 heavy (non-hydrogen) atoms. The number of anilines is 1. The van der Waals surface area contributed by atoms with Crippen LogP contribution >= 0.6 is 11.8 Å². The number of aryl methyl sites for hydroxylation is 1. The number of nitrogens with zero attached hydrogens (tertiary/aromatic N) is 3. The Hall–Kier alpha value is -2.08. The fourth-order valence-electron chi connectivity index (χ4n) is 1.92. The van der Waals surface area contributed by atoms with E-state index in [0.717, 1.165) is 16.4 Å². The Bertz CT molecular complexity index is 656. The van der Waals surface area contributed by atoms with E-state index in [1.54, 1.807) is 11.8 Å². The standard InChI is InChI=1S/C16H20N4OS/c1-11-9-15(20(2)3)19-14(18-11)10-17-16(21)12-5-7-13(22-4)8-6-12/h5-9H,10H2,1-4H3,(H,17,21). The van der Waals surface area contributed by atoms with Gasteiger partial charge in [-0.1, -0.05) is 0 Å². The van der Waals surface area contributed by atoms with Crippen LogP contribution in [0.2, 0.25) is 0 Å². The lowest BCUT2D eigenvalue weighted by Gasteiger charge is -2.13. The highest BCUT2D eigenvalue weighted by Crippen LogP contribution is 2.15. The zero-order chi connectivity index (χ0) is 16.1. The zero-order valence-electron chi connectivity index (χ0n) is 13.3. The van der Waals surface area contributed by atoms with Crippen molar-refractivity contribution >= 4 is 23.5 Å². The number of carbonyl (C=O) groups excluding carboxylic acids is 1. The SMILES string of the molecule is CSc1ccc(C(=O)NCc2nc(C)cc(N(C)C)n2)cc1. The maximum atomic E-state index is 12.1. The Balaban J connectivity index is 2.04. The molecule has 1 N–H and O–H groups in total. The van der Waals surface area contributed by atoms with E-state index in [1.165, 1.54) is 0 Å². The Kier molecular flexibility index (Phi) is 5.38. The van der Waals surface area contributed by atoms with E-state index in [4.69, 9.17) is 0 Å². The highest BCUT2D eigenvalue weighted by Gasteiger charge is 2.08. The third-order valence-corrected chi connectivity index (χ3v) is 3.85. The lowest BCUT2D eigenvalue weighted by atomic mass is 10.2. The summed E-state index contributed by atoms with van der Waals surface area (Å²) in [5.74, 6) is 1.32. The van der Waals surface area contributed by atoms with Gasteiger partial charge in [0.25, 0.3) is 5.91 Å². The lowest BCUT2D eigenvalue weighted by molar-refractivity contribution is 0.0950. The normalized spacial score (nSPS) is 10.4. The Morgan fingerprint density at radius 3 is 2.50 bits per heavy atom. The summed E-state index contributed by atoms with van der Waals surface area (Å²) in [6, 6.07) is 9.43. The van der Waals surface area contributed by atoms with Crippen molar-refractivity contribution in [1.82, 2.24) is 15.3 Å². The Morgan fingerprint density at radius 2 is 1.91 bits per heavy atom. The van der Waals surface area contributed by atoms with Gasteiger partial charge in [0, 0.05) is 36.3 Å². The first-order valence-corrected chi connectivity index (χ1v) is 8.16. The van der Waals surface area contributed by atoms with Crippen LogP contribution in [0.25, 0.3) is 0 Å². The van der Waals surface area contributed by atoms with E-state index < -0.39 is 0 Å². The fraction of sp³-hybridized carbons (Fsp3) is 0.312. The molecule has 0 bridgehead atoms. The van der Waals surface area contributed by atoms with Gasteiger partial charge in [-0.25, -0.2) is 9.97 Å². The molecule has 0 fully saturated rings. The molecule has 0 aliphatic rings. The Labute approximate surface area is 135 Å². The molecule has 0 radical (unpaired) electrons. The predicted octanol–water partition coefficient (Wildman–Crippen LogP) is 2.50. The molecule has 0 aliphatic heterocycles. The summed E-state index contributed by atoms with van der Waals surface area (Å²) in [5, 5.41) is 2.86. The highest BCUT2D eigenvalue weighted by molar-refractivity contribution is 7.98. The number of rotatable bonds is 5. The molecule has 1 heterocycles. The third-order valence-electron chi connectivity index (χ3n) is 3.10. The van der Waals surface area contributed by atoms with Gasteiger partial charge in [-0.15, -0.1) is 11.8 Å². The Morgan fingerprint density at radius 1 is 1.23 bits per heavy atom. The van der Waals surface area contributed by atoms with Gasteiger partial charge in [-0.3, -0.25) is 4.79 Å². The van der Waals surface area contributed by atoms with Gasteiger partial charge in [-0.05, 0) is 37.4 Å². The van der Waals surface area contributed by atoms with Gasteiger partial charge in [-0.2, -0.15) is 0 Å². The first-order valence-electron chi connectivity index (χ1n) is 6.93. The average Bonchev–Trinajstić information content (AvgIpc) is 2.52. The lowest BCUT2D eigenvalue weighted by Crippen LogP contribution is -2.24. The van der Waals surface area contributed by atoms with E-state index in [9.17, 15) is 4.79 Å². The molecule has 0 saturated heterocycles. The molecular formula is C16H20N4OS. The fourth-order valence-corrected chi connectivity index (χ4v) is 2.33. The number of aromatic nitrogens is 2. The van der Waals surface area contributed by atoms with Crippen molar-refractivity contribution in [2.45, 2.75) is 18.4 Å². The quantitative estimate of drug-likeness (QED) is 0.859. The minimum atomic E-state index is -0.121. The molecule has 0 aliphatic carbocycles. The minimum absolute atomic E-state index is 0.121. The van der Waals surface area contributed by atoms with E-state index in [1.807, 2.05) is 62.5 Å². The number of hydrogen-bond acceptors (Lipinski definition) is 5. The molecule has 6 heteroatoms. The van der Waals surface area contributed by atoms with E-state index in [2.05, 4.69) is 15.3 Å². The number of hydrogen-bond donors (Lipinski definition) is 1. The van der Waals surface area contributed by atoms with Crippen LogP contribution in [0, 0.1) is 6.92 Å². The van der Waals surface area contributed by atoms with Crippen molar-refractivity contribution in [3.05, 3.63) is 47.4 Å². The molecule has 1 aromatic heterocycles. The van der Waals surface area contributed by atoms with Crippen molar-refractivity contribution in [2.24, 2.45) is 0 Å². The van der Waals surface area contributed by atoms with Crippen LogP contribution in [0.1, 0.15) is 21.9 Å². The summed E-state index contributed by atoms with van der Waals surface area (Å²) in [4.78, 5) is 24.0. The van der Waals surface area contributed by atoms with Crippen molar-refractivity contribution in [2.75, 3.05) is 25.3 Å². The van der Waals surface area contributed by atoms with E-state index in [0.29, 0.717) is 17.9 Å². The van der Waals surface area contributed by atoms with Gasteiger partial charge in [0.2, 0.25) is 0 Å². The molecule has 5 nitrogen and oxygen atoms in total. The van der Waals surface area contributed by atoms with Gasteiger partial charge < -0.3 is 10.2 Å². The molecule has 116 valence electrons. The monoisotopic (exact) mass is 316 g/mol. The maximum absolute atomic E-state index is 12.1. The van der Waals surface area contributed by atoms with Gasteiger partial charge in [0.05, 0.1) is 6.54 Å². The molecule has 0 atom stereocenters. The van der Waals surface area contributed by atoms with Crippen LogP contribution in [-0.2, 0) is 6.54 Å². The highest BCUT2D eigenvalue weighted by atomic mass is 32.2. The molecular weight excluding hydrogens is 296 g/mol. The van der Waals surface area contributed by atoms with Crippen LogP contribution in [0.3, 0.4) is 0 Å². The maximum Gasteiger partial charge on any atom is 0.251 e. The van der Waals surface area contributed by atoms with Crippen molar-refractivity contribution < 1.29 is 4.79 Å². The van der Waals surface area contributed by atoms with Crippen LogP contribution in [0.15, 0.2) is 35.2 Å². The number of carbonyl (C=O) groups is 1. The molecule has 1 aromatic carbocycles. The summed E-state index contributed by atoms with van der Waals surface area (Å²) in [6.45, 7) is 2.23. The third kappa shape index (κ3) is 4.21. The van der Waals surface area contributed by atoms with E-state index in [-0.39, 0.29) is 5.91 Å². The average molecular weight is 316 g/mol.